The van der Waals surface area contributed by atoms with Crippen LogP contribution in [0.4, 0.5) is 10.1 Å². The van der Waals surface area contributed by atoms with E-state index in [1.54, 1.807) is 12.1 Å². The van der Waals surface area contributed by atoms with Gasteiger partial charge in [0.1, 0.15) is 5.82 Å². The lowest BCUT2D eigenvalue weighted by Crippen LogP contribution is -2.05. The van der Waals surface area contributed by atoms with E-state index in [4.69, 9.17) is 0 Å². The number of halogens is 1. The molecule has 1 aliphatic carbocycles. The fourth-order valence-corrected chi connectivity index (χ4v) is 3.43. The van der Waals surface area contributed by atoms with Crippen molar-refractivity contribution in [3.8, 4) is 0 Å². The summed E-state index contributed by atoms with van der Waals surface area (Å²) in [6, 6.07) is 13.6. The second kappa shape index (κ2) is 6.31. The van der Waals surface area contributed by atoms with Gasteiger partial charge in [-0.25, -0.2) is 4.39 Å². The highest BCUT2D eigenvalue weighted by atomic mass is 32.2. The van der Waals surface area contributed by atoms with Crippen LogP contribution in [-0.2, 0) is 12.8 Å². The molecule has 0 saturated heterocycles. The molecule has 0 bridgehead atoms. The van der Waals surface area contributed by atoms with E-state index in [9.17, 15) is 4.39 Å². The predicted molar refractivity (Wildman–Crippen MR) is 84.1 cm³/mol. The molecule has 1 nitrogen and oxygen atoms in total. The Hall–Kier alpha value is -1.48. The highest BCUT2D eigenvalue weighted by Gasteiger charge is 2.10. The molecule has 0 radical (unpaired) electrons. The first kappa shape index (κ1) is 13.5. The lowest BCUT2D eigenvalue weighted by atomic mass is 10.1. The van der Waals surface area contributed by atoms with Crippen LogP contribution in [0.3, 0.4) is 0 Å². The maximum Gasteiger partial charge on any atom is 0.146 e. The molecule has 104 valence electrons. The minimum atomic E-state index is -0.185. The Bertz CT molecular complexity index is 597. The quantitative estimate of drug-likeness (QED) is 0.641. The number of thioether (sulfide) groups is 1. The maximum absolute atomic E-state index is 13.4. The summed E-state index contributed by atoms with van der Waals surface area (Å²) in [7, 11) is 0. The van der Waals surface area contributed by atoms with Gasteiger partial charge in [-0.05, 0) is 54.7 Å². The van der Waals surface area contributed by atoms with Gasteiger partial charge in [-0.2, -0.15) is 0 Å². The van der Waals surface area contributed by atoms with Gasteiger partial charge in [-0.1, -0.05) is 18.2 Å². The number of nitrogens with one attached hydrogen (secondary N) is 1. The summed E-state index contributed by atoms with van der Waals surface area (Å²) >= 11 is 1.83. The van der Waals surface area contributed by atoms with E-state index in [0.29, 0.717) is 5.69 Å². The minimum absolute atomic E-state index is 0.185. The summed E-state index contributed by atoms with van der Waals surface area (Å²) in [4.78, 5) is 1.32. The Labute approximate surface area is 123 Å². The first-order chi connectivity index (χ1) is 9.83. The standard InChI is InChI=1S/C17H18FNS/c18-16-6-1-2-7-17(16)19-10-11-20-15-9-8-13-4-3-5-14(13)12-15/h1-2,6-9,12,19H,3-5,10-11H2. The molecule has 2 aromatic carbocycles. The Kier molecular flexibility index (Phi) is 4.26. The smallest absolute Gasteiger partial charge is 0.146 e. The third-order valence-electron chi connectivity index (χ3n) is 3.63. The summed E-state index contributed by atoms with van der Waals surface area (Å²) in [5.74, 6) is 0.752. The van der Waals surface area contributed by atoms with Gasteiger partial charge in [0.2, 0.25) is 0 Å². The average Bonchev–Trinajstić information content (AvgIpc) is 2.93. The SMILES string of the molecule is Fc1ccccc1NCCSc1ccc2c(c1)CCC2. The molecule has 0 fully saturated rings. The van der Waals surface area contributed by atoms with Crippen molar-refractivity contribution in [2.75, 3.05) is 17.6 Å². The lowest BCUT2D eigenvalue weighted by Gasteiger charge is -2.08. The van der Waals surface area contributed by atoms with Gasteiger partial charge in [-0.3, -0.25) is 0 Å². The van der Waals surface area contributed by atoms with Crippen molar-refractivity contribution in [1.29, 1.82) is 0 Å². The van der Waals surface area contributed by atoms with E-state index < -0.39 is 0 Å². The van der Waals surface area contributed by atoms with Crippen LogP contribution in [0.5, 0.6) is 0 Å². The number of rotatable bonds is 5. The molecule has 0 heterocycles. The topological polar surface area (TPSA) is 12.0 Å². The molecule has 1 aliphatic rings. The van der Waals surface area contributed by atoms with Crippen molar-refractivity contribution >= 4 is 17.4 Å². The van der Waals surface area contributed by atoms with E-state index in [-0.39, 0.29) is 5.82 Å². The normalized spacial score (nSPS) is 13.2. The third kappa shape index (κ3) is 3.15. The zero-order chi connectivity index (χ0) is 13.8. The lowest BCUT2D eigenvalue weighted by molar-refractivity contribution is 0.630. The van der Waals surface area contributed by atoms with E-state index in [0.717, 1.165) is 12.3 Å². The molecular formula is C17H18FNS. The van der Waals surface area contributed by atoms with Gasteiger partial charge in [0.25, 0.3) is 0 Å². The Balaban J connectivity index is 1.49. The molecule has 1 N–H and O–H groups in total. The van der Waals surface area contributed by atoms with E-state index in [1.165, 1.54) is 41.4 Å². The largest absolute Gasteiger partial charge is 0.382 e. The monoisotopic (exact) mass is 287 g/mol. The van der Waals surface area contributed by atoms with Crippen molar-refractivity contribution in [2.24, 2.45) is 0 Å². The van der Waals surface area contributed by atoms with Gasteiger partial charge in [-0.15, -0.1) is 11.8 Å². The zero-order valence-electron chi connectivity index (χ0n) is 11.4. The number of hydrogen-bond acceptors (Lipinski definition) is 2. The number of benzene rings is 2. The van der Waals surface area contributed by atoms with Gasteiger partial charge in [0, 0.05) is 17.2 Å². The van der Waals surface area contributed by atoms with Crippen LogP contribution in [0.2, 0.25) is 0 Å². The molecule has 2 aromatic rings. The first-order valence-electron chi connectivity index (χ1n) is 7.06. The summed E-state index contributed by atoms with van der Waals surface area (Å²) in [6.45, 7) is 0.767. The highest BCUT2D eigenvalue weighted by Crippen LogP contribution is 2.27. The highest BCUT2D eigenvalue weighted by molar-refractivity contribution is 7.99. The molecule has 0 saturated carbocycles. The minimum Gasteiger partial charge on any atom is -0.382 e. The number of hydrogen-bond donors (Lipinski definition) is 1. The van der Waals surface area contributed by atoms with Crippen molar-refractivity contribution < 1.29 is 4.39 Å². The zero-order valence-corrected chi connectivity index (χ0v) is 12.2. The van der Waals surface area contributed by atoms with Crippen LogP contribution in [-0.4, -0.2) is 12.3 Å². The Morgan fingerprint density at radius 3 is 2.80 bits per heavy atom. The van der Waals surface area contributed by atoms with Gasteiger partial charge >= 0.3 is 0 Å². The summed E-state index contributed by atoms with van der Waals surface area (Å²) in [5, 5.41) is 3.14. The molecule has 3 rings (SSSR count). The molecule has 0 aromatic heterocycles. The van der Waals surface area contributed by atoms with Gasteiger partial charge in [0.05, 0.1) is 5.69 Å². The van der Waals surface area contributed by atoms with E-state index in [1.807, 2.05) is 17.8 Å². The van der Waals surface area contributed by atoms with Crippen LogP contribution < -0.4 is 5.32 Å². The molecule has 0 unspecified atom stereocenters. The molecule has 0 atom stereocenters. The van der Waals surface area contributed by atoms with Crippen LogP contribution in [0.15, 0.2) is 47.4 Å². The van der Waals surface area contributed by atoms with Crippen molar-refractivity contribution in [3.63, 3.8) is 0 Å². The third-order valence-corrected chi connectivity index (χ3v) is 4.63. The van der Waals surface area contributed by atoms with Crippen LogP contribution >= 0.6 is 11.8 Å². The molecule has 0 amide bonds. The van der Waals surface area contributed by atoms with E-state index in [2.05, 4.69) is 23.5 Å². The van der Waals surface area contributed by atoms with Crippen molar-refractivity contribution in [3.05, 3.63) is 59.4 Å². The number of aryl methyl sites for hydroxylation is 2. The summed E-state index contributed by atoms with van der Waals surface area (Å²) in [6.07, 6.45) is 3.74. The first-order valence-corrected chi connectivity index (χ1v) is 8.04. The van der Waals surface area contributed by atoms with Crippen LogP contribution in [0, 0.1) is 5.82 Å². The van der Waals surface area contributed by atoms with E-state index >= 15 is 0 Å². The summed E-state index contributed by atoms with van der Waals surface area (Å²) < 4.78 is 13.4. The fraction of sp³-hybridized carbons (Fsp3) is 0.294. The number of fused-ring (bicyclic) bond motifs is 1. The maximum atomic E-state index is 13.4. The molecule has 20 heavy (non-hydrogen) atoms. The molecular weight excluding hydrogens is 269 g/mol. The second-order valence-electron chi connectivity index (χ2n) is 5.04. The molecule has 0 aliphatic heterocycles. The van der Waals surface area contributed by atoms with Crippen molar-refractivity contribution in [2.45, 2.75) is 24.2 Å². The predicted octanol–water partition coefficient (Wildman–Crippen LogP) is 4.52. The van der Waals surface area contributed by atoms with Crippen LogP contribution in [0.25, 0.3) is 0 Å². The molecule has 3 heteroatoms. The van der Waals surface area contributed by atoms with Crippen LogP contribution in [0.1, 0.15) is 17.5 Å². The summed E-state index contributed by atoms with van der Waals surface area (Å²) in [5.41, 5.74) is 3.61. The molecule has 0 spiro atoms. The van der Waals surface area contributed by atoms with Gasteiger partial charge in [0.15, 0.2) is 0 Å². The Morgan fingerprint density at radius 2 is 1.90 bits per heavy atom. The Morgan fingerprint density at radius 1 is 1.05 bits per heavy atom. The second-order valence-corrected chi connectivity index (χ2v) is 6.21. The van der Waals surface area contributed by atoms with Gasteiger partial charge < -0.3 is 5.32 Å². The average molecular weight is 287 g/mol. The number of anilines is 1. The van der Waals surface area contributed by atoms with Crippen molar-refractivity contribution in [1.82, 2.24) is 0 Å². The fourth-order valence-electron chi connectivity index (χ4n) is 2.60. The number of para-hydroxylation sites is 1.